The standard InChI is InChI=1S/C29H32N6O4/c1-29(2,18-39-4)24(36)17-35-23-14-6-5-12-21(23)25(22-13-7-8-15-31-22)33-26(27(35)37)34-28(38)32-20-11-9-10-19(16-20)30-3/h5-16,26,30H,17-18H2,1-4H3,(H2,32,34,38)/t26-/m0/s1. The van der Waals surface area contributed by atoms with E-state index in [0.717, 1.165) is 5.69 Å². The highest BCUT2D eigenvalue weighted by Gasteiger charge is 2.37. The first kappa shape index (κ1) is 27.5. The maximum Gasteiger partial charge on any atom is 0.321 e. The molecule has 202 valence electrons. The maximum atomic E-state index is 14.0. The van der Waals surface area contributed by atoms with Crippen molar-refractivity contribution in [2.45, 2.75) is 20.0 Å². The number of Topliss-reactive ketones (excluding diaryl/α,β-unsaturated/α-hetero) is 1. The number of fused-ring (bicyclic) bond motifs is 1. The van der Waals surface area contributed by atoms with E-state index in [2.05, 4.69) is 25.9 Å². The molecule has 3 amide bonds. The van der Waals surface area contributed by atoms with Gasteiger partial charge in [0, 0.05) is 42.7 Å². The summed E-state index contributed by atoms with van der Waals surface area (Å²) in [5, 5.41) is 8.45. The van der Waals surface area contributed by atoms with Gasteiger partial charge in [0.2, 0.25) is 6.17 Å². The molecule has 0 saturated heterocycles. The lowest BCUT2D eigenvalue weighted by atomic mass is 9.88. The fraction of sp³-hybridized carbons (Fsp3) is 0.276. The van der Waals surface area contributed by atoms with E-state index in [1.165, 1.54) is 12.0 Å². The number of ketones is 1. The summed E-state index contributed by atoms with van der Waals surface area (Å²) in [6.07, 6.45) is 0.311. The van der Waals surface area contributed by atoms with E-state index in [1.807, 2.05) is 24.3 Å². The second kappa shape index (κ2) is 11.9. The highest BCUT2D eigenvalue weighted by Crippen LogP contribution is 2.29. The molecule has 1 aromatic heterocycles. The van der Waals surface area contributed by atoms with Crippen LogP contribution in [0, 0.1) is 5.41 Å². The van der Waals surface area contributed by atoms with Crippen molar-refractivity contribution in [2.75, 3.05) is 42.8 Å². The minimum Gasteiger partial charge on any atom is -0.388 e. The van der Waals surface area contributed by atoms with Gasteiger partial charge in [0.05, 0.1) is 30.2 Å². The monoisotopic (exact) mass is 528 g/mol. The van der Waals surface area contributed by atoms with Crippen molar-refractivity contribution < 1.29 is 19.1 Å². The second-order valence-electron chi connectivity index (χ2n) is 9.71. The molecule has 2 heterocycles. The number of anilines is 3. The zero-order chi connectivity index (χ0) is 28.0. The molecule has 1 aliphatic rings. The number of urea groups is 1. The molecular formula is C29H32N6O4. The van der Waals surface area contributed by atoms with Crippen LogP contribution in [0.25, 0.3) is 0 Å². The first-order valence-electron chi connectivity index (χ1n) is 12.5. The predicted molar refractivity (Wildman–Crippen MR) is 151 cm³/mol. The summed E-state index contributed by atoms with van der Waals surface area (Å²) in [6.45, 7) is 3.51. The topological polar surface area (TPSA) is 125 Å². The zero-order valence-electron chi connectivity index (χ0n) is 22.4. The highest BCUT2D eigenvalue weighted by atomic mass is 16.5. The SMILES string of the molecule is CNc1cccc(NC(=O)N[C@@H]2N=C(c3ccccn3)c3ccccc3N(CC(=O)C(C)(C)COC)C2=O)c1. The molecule has 2 aromatic carbocycles. The Morgan fingerprint density at radius 1 is 1.03 bits per heavy atom. The number of pyridine rings is 1. The Hall–Kier alpha value is -4.57. The Morgan fingerprint density at radius 2 is 1.77 bits per heavy atom. The summed E-state index contributed by atoms with van der Waals surface area (Å²) in [4.78, 5) is 50.8. The van der Waals surface area contributed by atoms with Crippen LogP contribution >= 0.6 is 0 Å². The highest BCUT2D eigenvalue weighted by molar-refractivity contribution is 6.20. The lowest BCUT2D eigenvalue weighted by Crippen LogP contribution is -2.51. The van der Waals surface area contributed by atoms with E-state index in [9.17, 15) is 14.4 Å². The molecule has 1 atom stereocenters. The van der Waals surface area contributed by atoms with Crippen molar-refractivity contribution in [2.24, 2.45) is 10.4 Å². The molecule has 39 heavy (non-hydrogen) atoms. The molecule has 0 spiro atoms. The third kappa shape index (κ3) is 6.29. The number of aliphatic imine (C=N–C) groups is 1. The van der Waals surface area contributed by atoms with Crippen molar-refractivity contribution in [1.29, 1.82) is 0 Å². The van der Waals surface area contributed by atoms with Crippen LogP contribution in [0.4, 0.5) is 21.9 Å². The summed E-state index contributed by atoms with van der Waals surface area (Å²) >= 11 is 0. The fourth-order valence-electron chi connectivity index (χ4n) is 4.24. The molecule has 0 unspecified atom stereocenters. The number of hydrogen-bond donors (Lipinski definition) is 3. The number of aromatic nitrogens is 1. The van der Waals surface area contributed by atoms with Gasteiger partial charge in [-0.2, -0.15) is 0 Å². The van der Waals surface area contributed by atoms with Crippen LogP contribution in [0.1, 0.15) is 25.1 Å². The van der Waals surface area contributed by atoms with Crippen molar-refractivity contribution in [3.05, 3.63) is 84.2 Å². The first-order valence-corrected chi connectivity index (χ1v) is 12.5. The Kier molecular flexibility index (Phi) is 8.36. The number of carbonyl (C=O) groups is 3. The molecule has 0 saturated carbocycles. The number of benzodiazepines with no additional fused rings is 1. The van der Waals surface area contributed by atoms with Crippen LogP contribution in [0.15, 0.2) is 77.9 Å². The number of benzene rings is 2. The smallest absolute Gasteiger partial charge is 0.321 e. The van der Waals surface area contributed by atoms with Gasteiger partial charge in [0.15, 0.2) is 5.78 Å². The van der Waals surface area contributed by atoms with E-state index in [-0.39, 0.29) is 18.9 Å². The molecule has 0 radical (unpaired) electrons. The minimum absolute atomic E-state index is 0.194. The van der Waals surface area contributed by atoms with Crippen molar-refractivity contribution in [3.8, 4) is 0 Å². The molecular weight excluding hydrogens is 496 g/mol. The van der Waals surface area contributed by atoms with Crippen LogP contribution in [-0.2, 0) is 14.3 Å². The van der Waals surface area contributed by atoms with E-state index < -0.39 is 23.5 Å². The summed E-state index contributed by atoms with van der Waals surface area (Å²) in [7, 11) is 3.30. The molecule has 3 aromatic rings. The van der Waals surface area contributed by atoms with Gasteiger partial charge in [0.25, 0.3) is 5.91 Å². The molecule has 10 heteroatoms. The summed E-state index contributed by atoms with van der Waals surface area (Å²) < 4.78 is 5.23. The van der Waals surface area contributed by atoms with Crippen LogP contribution in [0.3, 0.4) is 0 Å². The Balaban J connectivity index is 1.73. The number of hydrogen-bond acceptors (Lipinski definition) is 7. The summed E-state index contributed by atoms with van der Waals surface area (Å²) in [5.74, 6) is -0.741. The Labute approximate surface area is 227 Å². The lowest BCUT2D eigenvalue weighted by molar-refractivity contribution is -0.130. The molecule has 0 fully saturated rings. The van der Waals surface area contributed by atoms with E-state index in [4.69, 9.17) is 4.74 Å². The van der Waals surface area contributed by atoms with Gasteiger partial charge in [-0.25, -0.2) is 9.79 Å². The van der Waals surface area contributed by atoms with Crippen molar-refractivity contribution in [1.82, 2.24) is 10.3 Å². The quantitative estimate of drug-likeness (QED) is 0.389. The van der Waals surface area contributed by atoms with Gasteiger partial charge >= 0.3 is 6.03 Å². The van der Waals surface area contributed by atoms with E-state index in [1.54, 1.807) is 69.6 Å². The Bertz CT molecular complexity index is 1390. The number of nitrogens with one attached hydrogen (secondary N) is 3. The number of para-hydroxylation sites is 1. The van der Waals surface area contributed by atoms with Gasteiger partial charge in [0.1, 0.15) is 0 Å². The third-order valence-corrected chi connectivity index (χ3v) is 6.35. The average molecular weight is 529 g/mol. The number of amides is 3. The van der Waals surface area contributed by atoms with Gasteiger partial charge in [-0.15, -0.1) is 0 Å². The molecule has 10 nitrogen and oxygen atoms in total. The van der Waals surface area contributed by atoms with Crippen molar-refractivity contribution >= 4 is 40.5 Å². The summed E-state index contributed by atoms with van der Waals surface area (Å²) in [6, 6.07) is 19.1. The normalized spacial score (nSPS) is 15.1. The average Bonchev–Trinajstić information content (AvgIpc) is 3.04. The minimum atomic E-state index is -1.32. The number of methoxy groups -OCH3 is 1. The number of nitrogens with zero attached hydrogens (tertiary/aromatic N) is 3. The van der Waals surface area contributed by atoms with Crippen LogP contribution in [-0.4, -0.2) is 61.9 Å². The van der Waals surface area contributed by atoms with Gasteiger partial charge in [-0.05, 0) is 36.4 Å². The molecule has 0 bridgehead atoms. The van der Waals surface area contributed by atoms with E-state index in [0.29, 0.717) is 28.3 Å². The van der Waals surface area contributed by atoms with Gasteiger partial charge in [-0.1, -0.05) is 44.2 Å². The fourth-order valence-corrected chi connectivity index (χ4v) is 4.24. The largest absolute Gasteiger partial charge is 0.388 e. The number of rotatable bonds is 9. The van der Waals surface area contributed by atoms with Gasteiger partial charge in [-0.3, -0.25) is 14.6 Å². The second-order valence-corrected chi connectivity index (χ2v) is 9.71. The van der Waals surface area contributed by atoms with Crippen LogP contribution < -0.4 is 20.9 Å². The van der Waals surface area contributed by atoms with Crippen LogP contribution in [0.2, 0.25) is 0 Å². The Morgan fingerprint density at radius 3 is 2.49 bits per heavy atom. The first-order chi connectivity index (χ1) is 18.7. The van der Waals surface area contributed by atoms with E-state index >= 15 is 0 Å². The van der Waals surface area contributed by atoms with Crippen molar-refractivity contribution in [3.63, 3.8) is 0 Å². The molecule has 3 N–H and O–H groups in total. The lowest BCUT2D eigenvalue weighted by Gasteiger charge is -2.29. The zero-order valence-corrected chi connectivity index (χ0v) is 22.4. The predicted octanol–water partition coefficient (Wildman–Crippen LogP) is 3.70. The molecule has 1 aliphatic heterocycles. The number of ether oxygens (including phenoxy) is 1. The maximum absolute atomic E-state index is 14.0. The third-order valence-electron chi connectivity index (χ3n) is 6.35. The summed E-state index contributed by atoms with van der Waals surface area (Å²) in [5.41, 5.74) is 2.58. The van der Waals surface area contributed by atoms with Crippen LogP contribution in [0.5, 0.6) is 0 Å². The molecule has 4 rings (SSSR count). The van der Waals surface area contributed by atoms with Gasteiger partial charge < -0.3 is 25.6 Å². The molecule has 0 aliphatic carbocycles. The number of carbonyl (C=O) groups excluding carboxylic acids is 3.